The highest BCUT2D eigenvalue weighted by Gasteiger charge is 2.28. The number of nitrogens with one attached hydrogen (secondary N) is 3. The minimum absolute atomic E-state index is 0.0369. The molecular formula is C22H29N3O2. The van der Waals surface area contributed by atoms with Crippen LogP contribution in [0.3, 0.4) is 0 Å². The summed E-state index contributed by atoms with van der Waals surface area (Å²) in [5.41, 5.74) is 1.99. The summed E-state index contributed by atoms with van der Waals surface area (Å²) in [4.78, 5) is 24.7. The van der Waals surface area contributed by atoms with Crippen LogP contribution in [-0.2, 0) is 0 Å². The van der Waals surface area contributed by atoms with Gasteiger partial charge in [-0.25, -0.2) is 4.79 Å². The van der Waals surface area contributed by atoms with Gasteiger partial charge < -0.3 is 16.0 Å². The Labute approximate surface area is 161 Å². The molecule has 1 atom stereocenters. The second kappa shape index (κ2) is 8.71. The molecule has 0 fully saturated rings. The van der Waals surface area contributed by atoms with E-state index in [9.17, 15) is 9.59 Å². The summed E-state index contributed by atoms with van der Waals surface area (Å²) < 4.78 is 0. The Balaban J connectivity index is 2.16. The third-order valence-corrected chi connectivity index (χ3v) is 4.08. The van der Waals surface area contributed by atoms with Crippen molar-refractivity contribution in [2.75, 3.05) is 5.32 Å². The second-order valence-electron chi connectivity index (χ2n) is 8.02. The van der Waals surface area contributed by atoms with Crippen LogP contribution >= 0.6 is 0 Å². The van der Waals surface area contributed by atoms with Crippen molar-refractivity contribution in [3.63, 3.8) is 0 Å². The fraction of sp³-hybridized carbons (Fsp3) is 0.364. The van der Waals surface area contributed by atoms with Crippen molar-refractivity contribution in [3.05, 3.63) is 65.7 Å². The van der Waals surface area contributed by atoms with Crippen LogP contribution in [-0.4, -0.2) is 18.0 Å². The third-order valence-electron chi connectivity index (χ3n) is 4.08. The second-order valence-corrected chi connectivity index (χ2v) is 8.02. The van der Waals surface area contributed by atoms with Gasteiger partial charge in [-0.1, -0.05) is 57.2 Å². The van der Waals surface area contributed by atoms with Crippen molar-refractivity contribution in [2.45, 2.75) is 46.7 Å². The molecule has 0 heterocycles. The molecule has 0 saturated carbocycles. The SMILES string of the molecule is CC(C)NC(=O)Nc1cccc(C(=O)NC(c2ccccc2)C(C)(C)C)c1. The summed E-state index contributed by atoms with van der Waals surface area (Å²) in [6.45, 7) is 10.1. The van der Waals surface area contributed by atoms with Crippen molar-refractivity contribution in [1.82, 2.24) is 10.6 Å². The summed E-state index contributed by atoms with van der Waals surface area (Å²) >= 11 is 0. The summed E-state index contributed by atoms with van der Waals surface area (Å²) in [6, 6.07) is 16.5. The number of amides is 3. The molecule has 5 heteroatoms. The van der Waals surface area contributed by atoms with E-state index in [1.165, 1.54) is 0 Å². The molecule has 2 rings (SSSR count). The minimum Gasteiger partial charge on any atom is -0.345 e. The van der Waals surface area contributed by atoms with Gasteiger partial charge in [0.25, 0.3) is 5.91 Å². The smallest absolute Gasteiger partial charge is 0.319 e. The molecule has 0 radical (unpaired) electrons. The van der Waals surface area contributed by atoms with E-state index in [1.807, 2.05) is 44.2 Å². The molecular weight excluding hydrogens is 338 g/mol. The summed E-state index contributed by atoms with van der Waals surface area (Å²) in [6.07, 6.45) is 0. The van der Waals surface area contributed by atoms with Crippen molar-refractivity contribution < 1.29 is 9.59 Å². The van der Waals surface area contributed by atoms with E-state index in [2.05, 4.69) is 36.7 Å². The summed E-state index contributed by atoms with van der Waals surface area (Å²) in [5, 5.41) is 8.65. The largest absolute Gasteiger partial charge is 0.345 e. The molecule has 0 bridgehead atoms. The molecule has 2 aromatic rings. The monoisotopic (exact) mass is 367 g/mol. The molecule has 144 valence electrons. The van der Waals surface area contributed by atoms with E-state index in [4.69, 9.17) is 0 Å². The number of anilines is 1. The maximum Gasteiger partial charge on any atom is 0.319 e. The van der Waals surface area contributed by atoms with E-state index in [0.29, 0.717) is 11.3 Å². The maximum absolute atomic E-state index is 12.9. The Morgan fingerprint density at radius 3 is 2.15 bits per heavy atom. The fourth-order valence-electron chi connectivity index (χ4n) is 2.83. The predicted octanol–water partition coefficient (Wildman–Crippen LogP) is 4.73. The van der Waals surface area contributed by atoms with Crippen LogP contribution in [0.2, 0.25) is 0 Å². The van der Waals surface area contributed by atoms with Crippen LogP contribution in [0, 0.1) is 5.41 Å². The third kappa shape index (κ3) is 6.13. The number of hydrogen-bond donors (Lipinski definition) is 3. The molecule has 27 heavy (non-hydrogen) atoms. The summed E-state index contributed by atoms with van der Waals surface area (Å²) in [5.74, 6) is -0.174. The molecule has 0 saturated heterocycles. The lowest BCUT2D eigenvalue weighted by Gasteiger charge is -2.32. The number of carbonyl (C=O) groups is 2. The van der Waals surface area contributed by atoms with Gasteiger partial charge in [0.2, 0.25) is 0 Å². The van der Waals surface area contributed by atoms with E-state index in [1.54, 1.807) is 24.3 Å². The minimum atomic E-state index is -0.292. The molecule has 0 aliphatic heterocycles. The van der Waals surface area contributed by atoms with Crippen LogP contribution in [0.1, 0.15) is 56.6 Å². The molecule has 0 aliphatic rings. The Morgan fingerprint density at radius 1 is 0.889 bits per heavy atom. The highest BCUT2D eigenvalue weighted by Crippen LogP contribution is 2.32. The predicted molar refractivity (Wildman–Crippen MR) is 110 cm³/mol. The van der Waals surface area contributed by atoms with Gasteiger partial charge in [-0.3, -0.25) is 4.79 Å². The lowest BCUT2D eigenvalue weighted by atomic mass is 9.82. The van der Waals surface area contributed by atoms with Gasteiger partial charge in [0, 0.05) is 17.3 Å². The van der Waals surface area contributed by atoms with Crippen molar-refractivity contribution in [3.8, 4) is 0 Å². The van der Waals surface area contributed by atoms with Crippen LogP contribution in [0.4, 0.5) is 10.5 Å². The zero-order valence-electron chi connectivity index (χ0n) is 16.7. The number of rotatable bonds is 5. The van der Waals surface area contributed by atoms with Gasteiger partial charge in [0.1, 0.15) is 0 Å². The lowest BCUT2D eigenvalue weighted by Crippen LogP contribution is -2.36. The molecule has 1 unspecified atom stereocenters. The van der Waals surface area contributed by atoms with Gasteiger partial charge >= 0.3 is 6.03 Å². The van der Waals surface area contributed by atoms with Gasteiger partial charge in [-0.15, -0.1) is 0 Å². The average Bonchev–Trinajstić information content (AvgIpc) is 2.58. The number of urea groups is 1. The van der Waals surface area contributed by atoms with Gasteiger partial charge in [0.15, 0.2) is 0 Å². The first-order chi connectivity index (χ1) is 12.7. The van der Waals surface area contributed by atoms with Crippen LogP contribution < -0.4 is 16.0 Å². The molecule has 0 spiro atoms. The number of carbonyl (C=O) groups excluding carboxylic acids is 2. The summed E-state index contributed by atoms with van der Waals surface area (Å²) in [7, 11) is 0. The molecule has 5 nitrogen and oxygen atoms in total. The number of hydrogen-bond acceptors (Lipinski definition) is 2. The Morgan fingerprint density at radius 2 is 1.56 bits per heavy atom. The van der Waals surface area contributed by atoms with Gasteiger partial charge in [-0.2, -0.15) is 0 Å². The molecule has 3 amide bonds. The standard InChI is InChI=1S/C22H29N3O2/c1-15(2)23-21(27)24-18-13-9-12-17(14-18)20(26)25-19(22(3,4)5)16-10-7-6-8-11-16/h6-15,19H,1-5H3,(H,25,26)(H2,23,24,27). The lowest BCUT2D eigenvalue weighted by molar-refractivity contribution is 0.0901. The van der Waals surface area contributed by atoms with E-state index >= 15 is 0 Å². The Kier molecular flexibility index (Phi) is 6.61. The van der Waals surface area contributed by atoms with Crippen molar-refractivity contribution in [1.29, 1.82) is 0 Å². The Bertz CT molecular complexity index is 780. The highest BCUT2D eigenvalue weighted by molar-refractivity contribution is 5.97. The highest BCUT2D eigenvalue weighted by atomic mass is 16.2. The molecule has 0 aromatic heterocycles. The Hall–Kier alpha value is -2.82. The topological polar surface area (TPSA) is 70.2 Å². The van der Waals surface area contributed by atoms with E-state index in [-0.39, 0.29) is 29.4 Å². The van der Waals surface area contributed by atoms with Gasteiger partial charge in [0.05, 0.1) is 6.04 Å². The zero-order valence-corrected chi connectivity index (χ0v) is 16.7. The number of benzene rings is 2. The molecule has 2 aromatic carbocycles. The first-order valence-electron chi connectivity index (χ1n) is 9.20. The average molecular weight is 367 g/mol. The fourth-order valence-corrected chi connectivity index (χ4v) is 2.83. The van der Waals surface area contributed by atoms with Crippen LogP contribution in [0.5, 0.6) is 0 Å². The maximum atomic E-state index is 12.9. The van der Waals surface area contributed by atoms with E-state index < -0.39 is 0 Å². The van der Waals surface area contributed by atoms with Crippen molar-refractivity contribution >= 4 is 17.6 Å². The molecule has 3 N–H and O–H groups in total. The van der Waals surface area contributed by atoms with Gasteiger partial charge in [-0.05, 0) is 43.0 Å². The normalized spacial score (nSPS) is 12.4. The first kappa shape index (κ1) is 20.5. The zero-order chi connectivity index (χ0) is 20.0. The van der Waals surface area contributed by atoms with Crippen molar-refractivity contribution in [2.24, 2.45) is 5.41 Å². The van der Waals surface area contributed by atoms with E-state index in [0.717, 1.165) is 5.56 Å². The first-order valence-corrected chi connectivity index (χ1v) is 9.20. The molecule has 0 aliphatic carbocycles. The quantitative estimate of drug-likeness (QED) is 0.715. The van der Waals surface area contributed by atoms with Crippen LogP contribution in [0.25, 0.3) is 0 Å². The van der Waals surface area contributed by atoms with Crippen LogP contribution in [0.15, 0.2) is 54.6 Å².